The monoisotopic (exact) mass is 279 g/mol. The van der Waals surface area contributed by atoms with Gasteiger partial charge in [-0.2, -0.15) is 0 Å². The summed E-state index contributed by atoms with van der Waals surface area (Å²) in [6, 6.07) is 7.86. The van der Waals surface area contributed by atoms with E-state index in [1.807, 2.05) is 25.2 Å². The molecule has 1 fully saturated rings. The van der Waals surface area contributed by atoms with Crippen molar-refractivity contribution in [3.8, 4) is 0 Å². The van der Waals surface area contributed by atoms with Gasteiger partial charge in [-0.05, 0) is 30.5 Å². The van der Waals surface area contributed by atoms with Crippen LogP contribution in [0.2, 0.25) is 0 Å². The molecule has 2 atom stereocenters. The van der Waals surface area contributed by atoms with Crippen LogP contribution in [0.15, 0.2) is 24.3 Å². The molecule has 2 rings (SSSR count). The molecule has 1 aromatic carbocycles. The molecule has 2 unspecified atom stereocenters. The fourth-order valence-corrected chi connectivity index (χ4v) is 2.58. The number of halogens is 1. The van der Waals surface area contributed by atoms with Crippen molar-refractivity contribution in [2.45, 2.75) is 44.9 Å². The van der Waals surface area contributed by atoms with Gasteiger partial charge in [0, 0.05) is 13.1 Å². The molecule has 3 heteroatoms. The first kappa shape index (κ1) is 15.5. The number of morpholine rings is 1. The Balaban J connectivity index is 2.29. The molecule has 112 valence electrons. The molecule has 0 bridgehead atoms. The van der Waals surface area contributed by atoms with Gasteiger partial charge >= 0.3 is 0 Å². The van der Waals surface area contributed by atoms with Crippen molar-refractivity contribution in [3.63, 3.8) is 0 Å². The third-order valence-corrected chi connectivity index (χ3v) is 4.17. The van der Waals surface area contributed by atoms with Gasteiger partial charge in [0.15, 0.2) is 5.67 Å². The zero-order valence-corrected chi connectivity index (χ0v) is 13.2. The lowest BCUT2D eigenvalue weighted by atomic mass is 9.82. The summed E-state index contributed by atoms with van der Waals surface area (Å²) in [5, 5.41) is 0. The van der Waals surface area contributed by atoms with E-state index in [1.54, 1.807) is 6.92 Å². The lowest BCUT2D eigenvalue weighted by Gasteiger charge is -2.38. The van der Waals surface area contributed by atoms with Crippen LogP contribution in [0.4, 0.5) is 4.39 Å². The van der Waals surface area contributed by atoms with Crippen LogP contribution in [0.5, 0.6) is 0 Å². The zero-order valence-electron chi connectivity index (χ0n) is 13.2. The highest BCUT2D eigenvalue weighted by molar-refractivity contribution is 5.32. The van der Waals surface area contributed by atoms with Crippen LogP contribution in [0.3, 0.4) is 0 Å². The highest BCUT2D eigenvalue weighted by atomic mass is 19.1. The Kier molecular flexibility index (Phi) is 4.22. The average Bonchev–Trinajstić information content (AvgIpc) is 2.38. The first-order valence-corrected chi connectivity index (χ1v) is 7.31. The number of alkyl halides is 1. The maximum Gasteiger partial charge on any atom is 0.160 e. The van der Waals surface area contributed by atoms with E-state index in [-0.39, 0.29) is 5.41 Å². The topological polar surface area (TPSA) is 12.5 Å². The van der Waals surface area contributed by atoms with Crippen molar-refractivity contribution in [2.24, 2.45) is 0 Å². The summed E-state index contributed by atoms with van der Waals surface area (Å²) >= 11 is 0. The van der Waals surface area contributed by atoms with Gasteiger partial charge in [-0.1, -0.05) is 45.0 Å². The Morgan fingerprint density at radius 1 is 1.20 bits per heavy atom. The standard InChI is InChI=1S/C17H26FNO/c1-16(2,3)13-7-6-8-14(11-13)17(4,18)15-12-19(5)9-10-20-15/h6-8,11,15H,9-10,12H2,1-5H3. The highest BCUT2D eigenvalue weighted by Gasteiger charge is 2.39. The molecule has 1 aliphatic heterocycles. The third-order valence-electron chi connectivity index (χ3n) is 4.17. The summed E-state index contributed by atoms with van der Waals surface area (Å²) in [6.45, 7) is 10.2. The number of hydrogen-bond donors (Lipinski definition) is 0. The van der Waals surface area contributed by atoms with Crippen molar-refractivity contribution in [2.75, 3.05) is 26.7 Å². The van der Waals surface area contributed by atoms with Crippen molar-refractivity contribution in [3.05, 3.63) is 35.4 Å². The fourth-order valence-electron chi connectivity index (χ4n) is 2.58. The normalized spacial score (nSPS) is 24.4. The van der Waals surface area contributed by atoms with Gasteiger partial charge in [0.2, 0.25) is 0 Å². The first-order chi connectivity index (χ1) is 9.21. The molecule has 0 amide bonds. The van der Waals surface area contributed by atoms with Gasteiger partial charge < -0.3 is 9.64 Å². The second-order valence-electron chi connectivity index (χ2n) is 7.03. The van der Waals surface area contributed by atoms with Crippen LogP contribution in [0, 0.1) is 0 Å². The summed E-state index contributed by atoms with van der Waals surface area (Å²) in [5.41, 5.74) is 0.431. The van der Waals surface area contributed by atoms with Gasteiger partial charge in [-0.15, -0.1) is 0 Å². The van der Waals surface area contributed by atoms with Crippen LogP contribution in [-0.4, -0.2) is 37.7 Å². The van der Waals surface area contributed by atoms with Crippen LogP contribution < -0.4 is 0 Å². The van der Waals surface area contributed by atoms with E-state index in [4.69, 9.17) is 4.74 Å². The summed E-state index contributed by atoms with van der Waals surface area (Å²) in [4.78, 5) is 2.12. The summed E-state index contributed by atoms with van der Waals surface area (Å²) in [6.07, 6.45) is -0.406. The van der Waals surface area contributed by atoms with E-state index in [1.165, 1.54) is 0 Å². The van der Waals surface area contributed by atoms with E-state index in [2.05, 4.69) is 31.7 Å². The molecule has 0 saturated carbocycles. The minimum absolute atomic E-state index is 0.0241. The van der Waals surface area contributed by atoms with Crippen molar-refractivity contribution < 1.29 is 9.13 Å². The Bertz CT molecular complexity index is 464. The number of likely N-dealkylation sites (N-methyl/N-ethyl adjacent to an activating group) is 1. The van der Waals surface area contributed by atoms with E-state index >= 15 is 4.39 Å². The van der Waals surface area contributed by atoms with Gasteiger partial charge in [0.1, 0.15) is 6.10 Å². The minimum Gasteiger partial charge on any atom is -0.372 e. The Morgan fingerprint density at radius 3 is 2.45 bits per heavy atom. The Labute approximate surface area is 121 Å². The molecule has 1 saturated heterocycles. The minimum atomic E-state index is -1.46. The van der Waals surface area contributed by atoms with Crippen molar-refractivity contribution >= 4 is 0 Å². The van der Waals surface area contributed by atoms with Crippen molar-refractivity contribution in [1.82, 2.24) is 4.90 Å². The summed E-state index contributed by atoms with van der Waals surface area (Å²) in [5.74, 6) is 0. The number of ether oxygens (including phenoxy) is 1. The predicted octanol–water partition coefficient (Wildman–Crippen LogP) is 3.50. The average molecular weight is 279 g/mol. The molecule has 0 aromatic heterocycles. The second-order valence-corrected chi connectivity index (χ2v) is 7.03. The van der Waals surface area contributed by atoms with E-state index in [0.717, 1.165) is 12.1 Å². The number of benzene rings is 1. The molecule has 0 spiro atoms. The molecule has 1 aromatic rings. The van der Waals surface area contributed by atoms with Crippen LogP contribution in [-0.2, 0) is 15.8 Å². The molecule has 1 heterocycles. The molecular weight excluding hydrogens is 253 g/mol. The highest BCUT2D eigenvalue weighted by Crippen LogP contribution is 2.35. The maximum absolute atomic E-state index is 15.3. The Hall–Kier alpha value is -0.930. The zero-order chi connectivity index (χ0) is 15.0. The van der Waals surface area contributed by atoms with Crippen molar-refractivity contribution in [1.29, 1.82) is 0 Å². The number of nitrogens with zero attached hydrogens (tertiary/aromatic N) is 1. The first-order valence-electron chi connectivity index (χ1n) is 7.31. The molecule has 20 heavy (non-hydrogen) atoms. The maximum atomic E-state index is 15.3. The lowest BCUT2D eigenvalue weighted by molar-refractivity contribution is -0.0999. The molecule has 0 radical (unpaired) electrons. The lowest BCUT2D eigenvalue weighted by Crippen LogP contribution is -2.48. The second kappa shape index (κ2) is 5.45. The van der Waals surface area contributed by atoms with E-state index < -0.39 is 11.8 Å². The van der Waals surface area contributed by atoms with Crippen LogP contribution >= 0.6 is 0 Å². The molecule has 0 aliphatic carbocycles. The summed E-state index contributed by atoms with van der Waals surface area (Å²) < 4.78 is 21.0. The van der Waals surface area contributed by atoms with Crippen LogP contribution in [0.1, 0.15) is 38.8 Å². The van der Waals surface area contributed by atoms with Gasteiger partial charge in [0.25, 0.3) is 0 Å². The molecular formula is C17H26FNO. The van der Waals surface area contributed by atoms with E-state index in [9.17, 15) is 0 Å². The van der Waals surface area contributed by atoms with E-state index in [0.29, 0.717) is 18.7 Å². The third kappa shape index (κ3) is 3.21. The molecule has 2 nitrogen and oxygen atoms in total. The molecule has 0 N–H and O–H groups in total. The predicted molar refractivity (Wildman–Crippen MR) is 80.8 cm³/mol. The number of rotatable bonds is 2. The van der Waals surface area contributed by atoms with Gasteiger partial charge in [-0.3, -0.25) is 0 Å². The fraction of sp³-hybridized carbons (Fsp3) is 0.647. The quantitative estimate of drug-likeness (QED) is 0.821. The molecule has 1 aliphatic rings. The van der Waals surface area contributed by atoms with Crippen LogP contribution in [0.25, 0.3) is 0 Å². The van der Waals surface area contributed by atoms with Gasteiger partial charge in [-0.25, -0.2) is 4.39 Å². The summed E-state index contributed by atoms with van der Waals surface area (Å²) in [7, 11) is 2.01. The Morgan fingerprint density at radius 2 is 1.85 bits per heavy atom. The number of hydrogen-bond acceptors (Lipinski definition) is 2. The smallest absolute Gasteiger partial charge is 0.160 e. The van der Waals surface area contributed by atoms with Gasteiger partial charge in [0.05, 0.1) is 6.61 Å². The largest absolute Gasteiger partial charge is 0.372 e. The SMILES string of the molecule is CN1CCOC(C(C)(F)c2cccc(C(C)(C)C)c2)C1.